The van der Waals surface area contributed by atoms with Gasteiger partial charge in [-0.2, -0.15) is 0 Å². The van der Waals surface area contributed by atoms with E-state index in [0.29, 0.717) is 12.8 Å². The molecule has 7 heteroatoms. The Labute approximate surface area is 337 Å². The van der Waals surface area contributed by atoms with E-state index in [0.717, 1.165) is 37.1 Å². The van der Waals surface area contributed by atoms with E-state index in [2.05, 4.69) is 23.8 Å². The second-order valence-electron chi connectivity index (χ2n) is 14.6. The van der Waals surface area contributed by atoms with Crippen LogP contribution in [0.1, 0.15) is 219 Å². The molecule has 0 aliphatic rings. The Hall–Kier alpha value is -2.24. The molecule has 2 rings (SSSR count). The summed E-state index contributed by atoms with van der Waals surface area (Å²) >= 11 is 0. The fourth-order valence-corrected chi connectivity index (χ4v) is 6.32. The smallest absolute Gasteiger partial charge is 0.303 e. The molecule has 0 spiro atoms. The van der Waals surface area contributed by atoms with E-state index in [4.69, 9.17) is 10.2 Å². The summed E-state index contributed by atoms with van der Waals surface area (Å²) in [7, 11) is 0. The average molecular weight is 780 g/mol. The molecule has 2 N–H and O–H groups in total. The maximum absolute atomic E-state index is 10.3. The summed E-state index contributed by atoms with van der Waals surface area (Å²) in [5.41, 5.74) is 1.83. The number of unbranched alkanes of at least 4 members (excludes halogenated alkanes) is 28. The zero-order chi connectivity index (χ0) is 38.0. The van der Waals surface area contributed by atoms with Crippen molar-refractivity contribution in [2.45, 2.75) is 219 Å². The summed E-state index contributed by atoms with van der Waals surface area (Å²) in [6.45, 7) is 4.54. The van der Waals surface area contributed by atoms with Gasteiger partial charge in [-0.15, -0.1) is 0 Å². The van der Waals surface area contributed by atoms with Crippen molar-refractivity contribution in [3.63, 3.8) is 0 Å². The molecule has 0 aromatic carbocycles. The van der Waals surface area contributed by atoms with Gasteiger partial charge in [-0.3, -0.25) is 19.6 Å². The van der Waals surface area contributed by atoms with E-state index < -0.39 is 11.9 Å². The molecule has 0 saturated carbocycles. The minimum absolute atomic E-state index is 0. The van der Waals surface area contributed by atoms with Gasteiger partial charge in [-0.25, -0.2) is 0 Å². The van der Waals surface area contributed by atoms with E-state index in [-0.39, 0.29) is 17.1 Å². The Morgan fingerprint density at radius 3 is 0.811 bits per heavy atom. The molecule has 2 heterocycles. The number of carbonyl (C=O) groups is 2. The number of hydrogen-bond donors (Lipinski definition) is 2. The molecule has 53 heavy (non-hydrogen) atoms. The first-order chi connectivity index (χ1) is 25.5. The second-order valence-corrected chi connectivity index (χ2v) is 14.6. The molecule has 0 aliphatic heterocycles. The van der Waals surface area contributed by atoms with Gasteiger partial charge < -0.3 is 10.2 Å². The van der Waals surface area contributed by atoms with Gasteiger partial charge in [0.05, 0.1) is 11.4 Å². The Kier molecular flexibility index (Phi) is 44.0. The van der Waals surface area contributed by atoms with Gasteiger partial charge in [-0.1, -0.05) is 206 Å². The minimum Gasteiger partial charge on any atom is -0.481 e. The number of aliphatic carboxylic acids is 2. The largest absolute Gasteiger partial charge is 0.481 e. The van der Waals surface area contributed by atoms with Crippen molar-refractivity contribution in [2.75, 3.05) is 0 Å². The summed E-state index contributed by atoms with van der Waals surface area (Å²) < 4.78 is 0. The van der Waals surface area contributed by atoms with Crippen LogP contribution in [-0.4, -0.2) is 32.1 Å². The normalized spacial score (nSPS) is 10.4. The van der Waals surface area contributed by atoms with E-state index in [1.165, 1.54) is 167 Å². The number of hydrogen-bond acceptors (Lipinski definition) is 4. The third kappa shape index (κ3) is 42.4. The third-order valence-electron chi connectivity index (χ3n) is 9.58. The molecule has 0 aliphatic carbocycles. The maximum atomic E-state index is 10.3. The standard InChI is InChI=1S/2C18H36O2.C10H8N2.Mn/c2*1-2-3-4-5-6-7-8-9-10-11-12-13-14-15-16-17-18(19)20;1-3-7-11-9(5-1)10-6-2-4-8-12-10;/h2*2-17H2,1H3,(H,19,20);1-8H;. The average Bonchev–Trinajstić information content (AvgIpc) is 3.16. The van der Waals surface area contributed by atoms with Gasteiger partial charge in [0.1, 0.15) is 0 Å². The van der Waals surface area contributed by atoms with Gasteiger partial charge in [0, 0.05) is 42.3 Å². The fourth-order valence-electron chi connectivity index (χ4n) is 6.32. The van der Waals surface area contributed by atoms with E-state index in [9.17, 15) is 9.59 Å². The molecule has 0 unspecified atom stereocenters. The molecule has 2 aromatic rings. The molecular formula is C46H80MnN2O4. The summed E-state index contributed by atoms with van der Waals surface area (Å²) in [4.78, 5) is 29.0. The molecule has 0 bridgehead atoms. The Morgan fingerprint density at radius 1 is 0.396 bits per heavy atom. The third-order valence-corrected chi connectivity index (χ3v) is 9.58. The van der Waals surface area contributed by atoms with Crippen LogP contribution in [-0.2, 0) is 26.7 Å². The number of pyridine rings is 2. The maximum Gasteiger partial charge on any atom is 0.303 e. The van der Waals surface area contributed by atoms with Gasteiger partial charge in [0.2, 0.25) is 0 Å². The van der Waals surface area contributed by atoms with Crippen LogP contribution >= 0.6 is 0 Å². The first kappa shape index (κ1) is 52.9. The quantitative estimate of drug-likeness (QED) is 0.0553. The van der Waals surface area contributed by atoms with Gasteiger partial charge in [0.25, 0.3) is 0 Å². The van der Waals surface area contributed by atoms with Crippen LogP contribution in [0.25, 0.3) is 11.4 Å². The molecule has 2 aromatic heterocycles. The summed E-state index contributed by atoms with van der Waals surface area (Å²) in [6, 6.07) is 11.6. The fraction of sp³-hybridized carbons (Fsp3) is 0.739. The number of nitrogens with zero attached hydrogens (tertiary/aromatic N) is 2. The second kappa shape index (κ2) is 44.2. The Balaban J connectivity index is 0. The number of rotatable bonds is 33. The number of carboxylic acid groups (broad SMARTS) is 2. The topological polar surface area (TPSA) is 100 Å². The van der Waals surface area contributed by atoms with Crippen LogP contribution < -0.4 is 0 Å². The van der Waals surface area contributed by atoms with Gasteiger partial charge in [-0.05, 0) is 37.1 Å². The van der Waals surface area contributed by atoms with Crippen molar-refractivity contribution in [1.82, 2.24) is 9.97 Å². The van der Waals surface area contributed by atoms with Crippen LogP contribution in [0.2, 0.25) is 0 Å². The van der Waals surface area contributed by atoms with Crippen molar-refractivity contribution in [3.8, 4) is 11.4 Å². The zero-order valence-electron chi connectivity index (χ0n) is 34.2. The van der Waals surface area contributed by atoms with Gasteiger partial charge >= 0.3 is 11.9 Å². The van der Waals surface area contributed by atoms with Gasteiger partial charge in [0.15, 0.2) is 0 Å². The van der Waals surface area contributed by atoms with Crippen molar-refractivity contribution in [2.24, 2.45) is 0 Å². The molecule has 0 amide bonds. The van der Waals surface area contributed by atoms with Crippen molar-refractivity contribution < 1.29 is 36.9 Å². The van der Waals surface area contributed by atoms with E-state index in [1.54, 1.807) is 12.4 Å². The van der Waals surface area contributed by atoms with Crippen molar-refractivity contribution in [1.29, 1.82) is 0 Å². The first-order valence-corrected chi connectivity index (χ1v) is 21.8. The summed E-state index contributed by atoms with van der Waals surface area (Å²) in [5.74, 6) is -1.31. The molecule has 1 radical (unpaired) electrons. The van der Waals surface area contributed by atoms with Crippen LogP contribution in [0.3, 0.4) is 0 Å². The Morgan fingerprint density at radius 2 is 0.623 bits per heavy atom. The van der Waals surface area contributed by atoms with Crippen molar-refractivity contribution >= 4 is 11.9 Å². The molecule has 305 valence electrons. The van der Waals surface area contributed by atoms with E-state index in [1.807, 2.05) is 36.4 Å². The monoisotopic (exact) mass is 780 g/mol. The van der Waals surface area contributed by atoms with E-state index >= 15 is 0 Å². The predicted molar refractivity (Wildman–Crippen MR) is 222 cm³/mol. The molecule has 0 fully saturated rings. The van der Waals surface area contributed by atoms with Crippen LogP contribution in [0, 0.1) is 0 Å². The molecule has 0 atom stereocenters. The SMILES string of the molecule is CCCCCCCCCCCCCCCCCC(=O)O.CCCCCCCCCCCCCCCCCC(=O)O.[Mn].c1ccc(-c2ccccn2)nc1. The number of aromatic nitrogens is 2. The van der Waals surface area contributed by atoms with Crippen LogP contribution in [0.5, 0.6) is 0 Å². The van der Waals surface area contributed by atoms with Crippen LogP contribution in [0.15, 0.2) is 48.8 Å². The Bertz CT molecular complexity index is 928. The number of carboxylic acids is 2. The molecular weight excluding hydrogens is 699 g/mol. The predicted octanol–water partition coefficient (Wildman–Crippen LogP) is 14.8. The first-order valence-electron chi connectivity index (χ1n) is 21.8. The summed E-state index contributed by atoms with van der Waals surface area (Å²) in [5, 5.41) is 17.0. The molecule has 0 saturated heterocycles. The minimum atomic E-state index is -0.653. The van der Waals surface area contributed by atoms with Crippen molar-refractivity contribution in [3.05, 3.63) is 48.8 Å². The van der Waals surface area contributed by atoms with Crippen LogP contribution in [0.4, 0.5) is 0 Å². The zero-order valence-corrected chi connectivity index (χ0v) is 35.4. The molecule has 6 nitrogen and oxygen atoms in total. The summed E-state index contributed by atoms with van der Waals surface area (Å²) in [6.07, 6.45) is 43.9.